The van der Waals surface area contributed by atoms with E-state index in [0.29, 0.717) is 7.12 Å². The quantitative estimate of drug-likeness (QED) is 0.433. The summed E-state index contributed by atoms with van der Waals surface area (Å²) >= 11 is 0. The van der Waals surface area contributed by atoms with Gasteiger partial charge in [-0.25, -0.2) is 0 Å². The van der Waals surface area contributed by atoms with Crippen molar-refractivity contribution in [3.63, 3.8) is 0 Å². The second-order valence-corrected chi connectivity index (χ2v) is 6.75. The molecule has 0 saturated carbocycles. The highest BCUT2D eigenvalue weighted by Gasteiger charge is 2.44. The Morgan fingerprint density at radius 2 is 1.93 bits per heavy atom. The Hall–Kier alpha value is 0.187. The van der Waals surface area contributed by atoms with Gasteiger partial charge >= 0.3 is 7.12 Å². The maximum absolute atomic E-state index is 2.72. The van der Waals surface area contributed by atoms with Crippen LogP contribution >= 0.6 is 0 Å². The van der Waals surface area contributed by atoms with Crippen molar-refractivity contribution in [2.24, 2.45) is 0 Å². The average Bonchev–Trinajstić information content (AvgIpc) is 2.18. The van der Waals surface area contributed by atoms with Gasteiger partial charge in [0, 0.05) is 0 Å². The second kappa shape index (κ2) is 3.64. The summed E-state index contributed by atoms with van der Waals surface area (Å²) in [4.78, 5) is 2.66. The van der Waals surface area contributed by atoms with E-state index in [1.807, 2.05) is 0 Å². The molecule has 0 aromatic heterocycles. The van der Waals surface area contributed by atoms with Crippen LogP contribution in [0.5, 0.6) is 0 Å². The molecule has 3 heterocycles. The number of nitrogens with zero attached hydrogens (tertiary/aromatic N) is 4. The van der Waals surface area contributed by atoms with E-state index in [0.717, 1.165) is 0 Å². The van der Waals surface area contributed by atoms with Gasteiger partial charge in [-0.1, -0.05) is 0 Å². The normalized spacial score (nSPS) is 33.1. The molecule has 1 radical (unpaired) electrons. The second-order valence-electron chi connectivity index (χ2n) is 4.65. The van der Waals surface area contributed by atoms with E-state index in [-0.39, 0.29) is 9.84 Å². The molecule has 0 aromatic rings. The van der Waals surface area contributed by atoms with E-state index in [2.05, 4.69) is 33.1 Å². The smallest absolute Gasteiger partial charge is 0.351 e. The van der Waals surface area contributed by atoms with Crippen LogP contribution < -0.4 is 0 Å². The molecule has 0 bridgehead atoms. The van der Waals surface area contributed by atoms with Gasteiger partial charge in [0.2, 0.25) is 0 Å². The molecule has 75 valence electrons. The molecule has 3 rings (SSSR count). The van der Waals surface area contributed by atoms with Gasteiger partial charge in [0.1, 0.15) is 0 Å². The molecule has 0 atom stereocenters. The lowest BCUT2D eigenvalue weighted by molar-refractivity contribution is 0.255. The third kappa shape index (κ3) is 1.47. The van der Waals surface area contributed by atoms with Crippen molar-refractivity contribution in [3.8, 4) is 0 Å². The van der Waals surface area contributed by atoms with E-state index >= 15 is 0 Å². The van der Waals surface area contributed by atoms with Gasteiger partial charge in [-0.2, -0.15) is 0 Å². The summed E-state index contributed by atoms with van der Waals surface area (Å²) in [7, 11) is 5.05. The number of hydrogen-bond acceptors (Lipinski definition) is 4. The molecule has 0 amide bonds. The van der Waals surface area contributed by atoms with Crippen molar-refractivity contribution in [2.75, 3.05) is 33.2 Å². The van der Waals surface area contributed by atoms with Gasteiger partial charge in [-0.15, -0.1) is 0 Å². The zero-order valence-corrected chi connectivity index (χ0v) is 10.3. The molecule has 0 aliphatic carbocycles. The van der Waals surface area contributed by atoms with Crippen LogP contribution in [0.25, 0.3) is 0 Å². The van der Waals surface area contributed by atoms with Crippen LogP contribution in [0, 0.1) is 0 Å². The van der Waals surface area contributed by atoms with E-state index in [1.165, 1.54) is 39.0 Å². The van der Waals surface area contributed by atoms with Gasteiger partial charge in [-0.3, -0.25) is 0 Å². The number of rotatable bonds is 0. The molecule has 3 fully saturated rings. The molecule has 0 N–H and O–H groups in total. The maximum Gasteiger partial charge on any atom is 0.386 e. The van der Waals surface area contributed by atoms with Crippen molar-refractivity contribution in [1.29, 1.82) is 0 Å². The molecule has 4 nitrogen and oxygen atoms in total. The minimum absolute atomic E-state index is 0.172. The molecule has 7 heteroatoms. The van der Waals surface area contributed by atoms with Gasteiger partial charge in [0.25, 0.3) is 7.55 Å². The van der Waals surface area contributed by atoms with Crippen LogP contribution in [-0.2, 0) is 0 Å². The van der Waals surface area contributed by atoms with E-state index in [1.54, 1.807) is 0 Å². The molecule has 14 heavy (non-hydrogen) atoms. The summed E-state index contributed by atoms with van der Waals surface area (Å²) in [6.45, 7) is 5.19. The molecular formula is C7H17B2N4Si. The fraction of sp³-hybridized carbons (Fsp3) is 1.00. The first kappa shape index (κ1) is 9.42. The summed E-state index contributed by atoms with van der Waals surface area (Å²) in [5.74, 6) is 0. The first-order valence-electron chi connectivity index (χ1n) is 5.64. The zero-order chi connectivity index (χ0) is 9.54. The van der Waals surface area contributed by atoms with Crippen molar-refractivity contribution in [3.05, 3.63) is 0 Å². The Kier molecular flexibility index (Phi) is 2.45. The van der Waals surface area contributed by atoms with E-state index in [4.69, 9.17) is 0 Å². The fourth-order valence-corrected chi connectivity index (χ4v) is 4.80. The maximum atomic E-state index is 2.72. The lowest BCUT2D eigenvalue weighted by atomic mass is 9.74. The topological polar surface area (TPSA) is 13.0 Å². The molecule has 3 aliphatic heterocycles. The molecule has 3 saturated heterocycles. The Morgan fingerprint density at radius 1 is 1.14 bits per heavy atom. The van der Waals surface area contributed by atoms with Gasteiger partial charge < -0.3 is 18.5 Å². The fourth-order valence-electron chi connectivity index (χ4n) is 2.99. The molecule has 0 unspecified atom stereocenters. The Bertz CT molecular complexity index is 212. The van der Waals surface area contributed by atoms with Crippen LogP contribution in [0.2, 0.25) is 0 Å². The summed E-state index contributed by atoms with van der Waals surface area (Å²) < 4.78 is 7.69. The Balaban J connectivity index is 1.82. The predicted octanol–water partition coefficient (Wildman–Crippen LogP) is -1.84. The van der Waals surface area contributed by atoms with E-state index in [9.17, 15) is 0 Å². The number of hydrogen-bond donors (Lipinski definition) is 0. The highest BCUT2D eigenvalue weighted by molar-refractivity contribution is 6.72. The highest BCUT2D eigenvalue weighted by Crippen LogP contribution is 2.20. The third-order valence-corrected chi connectivity index (χ3v) is 5.07. The lowest BCUT2D eigenvalue weighted by Crippen LogP contribution is -2.76. The van der Waals surface area contributed by atoms with Crippen LogP contribution in [0.4, 0.5) is 0 Å². The Morgan fingerprint density at radius 3 is 2.79 bits per heavy atom. The highest BCUT2D eigenvalue weighted by atomic mass is 28.2. The van der Waals surface area contributed by atoms with Gasteiger partial charge in [0.05, 0.1) is 0 Å². The largest absolute Gasteiger partial charge is 0.386 e. The van der Waals surface area contributed by atoms with Gasteiger partial charge in [-0.05, 0) is 46.1 Å². The molecular weight excluding hydrogens is 190 g/mol. The lowest BCUT2D eigenvalue weighted by Gasteiger charge is -2.54. The van der Waals surface area contributed by atoms with Crippen molar-refractivity contribution >= 4 is 24.5 Å². The molecule has 0 aromatic carbocycles. The molecule has 0 spiro atoms. The zero-order valence-electron chi connectivity index (χ0n) is 8.89. The summed E-state index contributed by atoms with van der Waals surface area (Å²) in [5.41, 5.74) is 0. The third-order valence-electron chi connectivity index (χ3n) is 3.45. The first-order valence-corrected chi connectivity index (χ1v) is 6.90. The van der Waals surface area contributed by atoms with Gasteiger partial charge in [0.15, 0.2) is 9.84 Å². The van der Waals surface area contributed by atoms with Crippen molar-refractivity contribution in [2.45, 2.75) is 12.8 Å². The van der Waals surface area contributed by atoms with Crippen LogP contribution in [0.1, 0.15) is 12.8 Å². The summed E-state index contributed by atoms with van der Waals surface area (Å²) in [6.07, 6.45) is 2.70. The standard InChI is InChI=1S/C7H17B2N4Si/c1-10-8-12-6-2-4-11-5-3-7-13(14-10)9(11)12/h2-7,14H2,1H3. The minimum Gasteiger partial charge on any atom is -0.351 e. The predicted molar refractivity (Wildman–Crippen MR) is 62.0 cm³/mol. The average molecular weight is 207 g/mol. The summed E-state index contributed by atoms with van der Waals surface area (Å²) in [6, 6.07) is 0. The first-order chi connectivity index (χ1) is 6.84. The monoisotopic (exact) mass is 207 g/mol. The Labute approximate surface area is 89.6 Å². The van der Waals surface area contributed by atoms with Crippen molar-refractivity contribution in [1.82, 2.24) is 18.5 Å². The minimum atomic E-state index is -0.172. The van der Waals surface area contributed by atoms with E-state index < -0.39 is 0 Å². The van der Waals surface area contributed by atoms with Crippen LogP contribution in [0.15, 0.2) is 0 Å². The summed E-state index contributed by atoms with van der Waals surface area (Å²) in [5, 5.41) is 0. The van der Waals surface area contributed by atoms with Crippen LogP contribution in [-0.4, -0.2) is 76.2 Å². The van der Waals surface area contributed by atoms with Crippen molar-refractivity contribution < 1.29 is 0 Å². The molecule has 3 aliphatic rings. The van der Waals surface area contributed by atoms with Crippen LogP contribution in [0.3, 0.4) is 0 Å². The SMILES string of the molecule is CN1[B]N2CCCN3CCCN([SiH2]1)B23.